The predicted molar refractivity (Wildman–Crippen MR) is 98.5 cm³/mol. The standard InChI is InChI=1S/C21H26O5/c1-15(23)20(24)21(25-14-17-9-5-3-6-10-17)19(13-22)26-16(2)18-11-7-4-8-12-18/h3-13,15-16,19-21,23-24H,14H2,1-2H3/t15-,16?,19+,20+,21-/m0/s1. The van der Waals surface area contributed by atoms with Crippen molar-refractivity contribution in [3.05, 3.63) is 71.8 Å². The quantitative estimate of drug-likeness (QED) is 0.639. The Kier molecular flexibility index (Phi) is 7.94. The smallest absolute Gasteiger partial charge is 0.151 e. The molecule has 0 fully saturated rings. The van der Waals surface area contributed by atoms with Crippen LogP contribution in [0.25, 0.3) is 0 Å². The second-order valence-electron chi connectivity index (χ2n) is 6.28. The molecule has 26 heavy (non-hydrogen) atoms. The van der Waals surface area contributed by atoms with E-state index in [1.165, 1.54) is 6.92 Å². The molecule has 0 bridgehead atoms. The van der Waals surface area contributed by atoms with Crippen molar-refractivity contribution < 1.29 is 24.5 Å². The van der Waals surface area contributed by atoms with Crippen molar-refractivity contribution in [3.63, 3.8) is 0 Å². The van der Waals surface area contributed by atoms with Crippen molar-refractivity contribution in [1.29, 1.82) is 0 Å². The molecule has 2 aromatic carbocycles. The fourth-order valence-corrected chi connectivity index (χ4v) is 2.65. The van der Waals surface area contributed by atoms with E-state index in [2.05, 4.69) is 0 Å². The first kappa shape index (κ1) is 20.3. The number of hydrogen-bond acceptors (Lipinski definition) is 5. The molecule has 5 atom stereocenters. The van der Waals surface area contributed by atoms with Gasteiger partial charge in [-0.05, 0) is 25.0 Å². The molecule has 0 saturated carbocycles. The van der Waals surface area contributed by atoms with Crippen LogP contribution >= 0.6 is 0 Å². The van der Waals surface area contributed by atoms with Crippen LogP contribution < -0.4 is 0 Å². The van der Waals surface area contributed by atoms with Gasteiger partial charge < -0.3 is 24.5 Å². The molecule has 5 nitrogen and oxygen atoms in total. The van der Waals surface area contributed by atoms with Crippen LogP contribution in [0.15, 0.2) is 60.7 Å². The Balaban J connectivity index is 2.11. The van der Waals surface area contributed by atoms with Crippen molar-refractivity contribution in [3.8, 4) is 0 Å². The number of aliphatic hydroxyl groups is 2. The van der Waals surface area contributed by atoms with Crippen molar-refractivity contribution in [2.75, 3.05) is 0 Å². The molecule has 0 radical (unpaired) electrons. The highest BCUT2D eigenvalue weighted by molar-refractivity contribution is 5.57. The lowest BCUT2D eigenvalue weighted by Gasteiger charge is -2.31. The van der Waals surface area contributed by atoms with Crippen LogP contribution in [-0.2, 0) is 20.9 Å². The molecule has 0 spiro atoms. The van der Waals surface area contributed by atoms with Gasteiger partial charge in [-0.2, -0.15) is 0 Å². The summed E-state index contributed by atoms with van der Waals surface area (Å²) in [5.41, 5.74) is 1.81. The lowest BCUT2D eigenvalue weighted by Crippen LogP contribution is -2.47. The summed E-state index contributed by atoms with van der Waals surface area (Å²) in [5.74, 6) is 0. The van der Waals surface area contributed by atoms with E-state index in [1.807, 2.05) is 67.6 Å². The van der Waals surface area contributed by atoms with Gasteiger partial charge in [0.25, 0.3) is 0 Å². The number of carbonyl (C=O) groups excluding carboxylic acids is 1. The van der Waals surface area contributed by atoms with Crippen LogP contribution in [0.4, 0.5) is 0 Å². The average molecular weight is 358 g/mol. The Morgan fingerprint density at radius 2 is 1.54 bits per heavy atom. The molecule has 2 aromatic rings. The number of aldehydes is 1. The summed E-state index contributed by atoms with van der Waals surface area (Å²) in [6.45, 7) is 3.48. The van der Waals surface area contributed by atoms with Crippen LogP contribution in [-0.4, -0.2) is 40.9 Å². The number of hydrogen-bond donors (Lipinski definition) is 2. The summed E-state index contributed by atoms with van der Waals surface area (Å²) in [4.78, 5) is 11.7. The van der Waals surface area contributed by atoms with E-state index >= 15 is 0 Å². The number of benzene rings is 2. The zero-order valence-electron chi connectivity index (χ0n) is 15.1. The normalized spacial score (nSPS) is 17.1. The number of carbonyl (C=O) groups is 1. The summed E-state index contributed by atoms with van der Waals surface area (Å²) in [5, 5.41) is 20.1. The molecular weight excluding hydrogens is 332 g/mol. The zero-order chi connectivity index (χ0) is 18.9. The first-order valence-corrected chi connectivity index (χ1v) is 8.70. The van der Waals surface area contributed by atoms with Crippen LogP contribution in [0.5, 0.6) is 0 Å². The highest BCUT2D eigenvalue weighted by Gasteiger charge is 2.34. The molecule has 0 aliphatic rings. The maximum atomic E-state index is 11.7. The van der Waals surface area contributed by atoms with Gasteiger partial charge in [-0.1, -0.05) is 60.7 Å². The van der Waals surface area contributed by atoms with Gasteiger partial charge >= 0.3 is 0 Å². The molecular formula is C21H26O5. The zero-order valence-corrected chi connectivity index (χ0v) is 15.1. The SMILES string of the molecule is CC(O[C@H](C=O)[C@H](OCc1ccccc1)[C@H](O)[C@H](C)O)c1ccccc1. The second-order valence-corrected chi connectivity index (χ2v) is 6.28. The second kappa shape index (κ2) is 10.2. The molecule has 2 N–H and O–H groups in total. The Morgan fingerprint density at radius 3 is 2.08 bits per heavy atom. The van der Waals surface area contributed by atoms with E-state index in [-0.39, 0.29) is 12.7 Å². The molecule has 5 heteroatoms. The Hall–Kier alpha value is -2.05. The van der Waals surface area contributed by atoms with Gasteiger partial charge in [-0.15, -0.1) is 0 Å². The molecule has 0 aromatic heterocycles. The molecule has 0 amide bonds. The minimum atomic E-state index is -1.25. The van der Waals surface area contributed by atoms with Crippen LogP contribution in [0.3, 0.4) is 0 Å². The average Bonchev–Trinajstić information content (AvgIpc) is 2.68. The maximum Gasteiger partial charge on any atom is 0.151 e. The molecule has 2 rings (SSSR count). The van der Waals surface area contributed by atoms with Gasteiger partial charge in [0, 0.05) is 0 Å². The minimum absolute atomic E-state index is 0.197. The van der Waals surface area contributed by atoms with Gasteiger partial charge in [0.2, 0.25) is 0 Å². The van der Waals surface area contributed by atoms with Crippen molar-refractivity contribution in [2.24, 2.45) is 0 Å². The lowest BCUT2D eigenvalue weighted by molar-refractivity contribution is -0.167. The number of aliphatic hydroxyl groups excluding tert-OH is 2. The summed E-state index contributed by atoms with van der Waals surface area (Å²) in [6, 6.07) is 18.9. The van der Waals surface area contributed by atoms with E-state index in [0.717, 1.165) is 11.1 Å². The fraction of sp³-hybridized carbons (Fsp3) is 0.381. The topological polar surface area (TPSA) is 76.0 Å². The van der Waals surface area contributed by atoms with Crippen LogP contribution in [0.1, 0.15) is 31.1 Å². The first-order chi connectivity index (χ1) is 12.5. The highest BCUT2D eigenvalue weighted by atomic mass is 16.6. The molecule has 0 aliphatic heterocycles. The van der Waals surface area contributed by atoms with E-state index < -0.39 is 24.4 Å². The predicted octanol–water partition coefficient (Wildman–Crippen LogP) is 2.66. The summed E-state index contributed by atoms with van der Waals surface area (Å²) >= 11 is 0. The monoisotopic (exact) mass is 358 g/mol. The minimum Gasteiger partial charge on any atom is -0.391 e. The molecule has 0 aliphatic carbocycles. The van der Waals surface area contributed by atoms with E-state index in [1.54, 1.807) is 0 Å². The lowest BCUT2D eigenvalue weighted by atomic mass is 10.0. The maximum absolute atomic E-state index is 11.7. The molecule has 140 valence electrons. The molecule has 0 saturated heterocycles. The van der Waals surface area contributed by atoms with E-state index in [0.29, 0.717) is 6.29 Å². The van der Waals surface area contributed by atoms with Crippen molar-refractivity contribution >= 4 is 6.29 Å². The highest BCUT2D eigenvalue weighted by Crippen LogP contribution is 2.22. The van der Waals surface area contributed by atoms with Crippen molar-refractivity contribution in [1.82, 2.24) is 0 Å². The molecule has 1 unspecified atom stereocenters. The third-order valence-corrected chi connectivity index (χ3v) is 4.20. The summed E-state index contributed by atoms with van der Waals surface area (Å²) < 4.78 is 11.6. The van der Waals surface area contributed by atoms with E-state index in [9.17, 15) is 15.0 Å². The van der Waals surface area contributed by atoms with Gasteiger partial charge in [0.05, 0.1) is 18.8 Å². The number of rotatable bonds is 10. The van der Waals surface area contributed by atoms with Gasteiger partial charge in [-0.25, -0.2) is 0 Å². The van der Waals surface area contributed by atoms with Crippen molar-refractivity contribution in [2.45, 2.75) is 51.0 Å². The van der Waals surface area contributed by atoms with Crippen LogP contribution in [0.2, 0.25) is 0 Å². The summed E-state index contributed by atoms with van der Waals surface area (Å²) in [7, 11) is 0. The summed E-state index contributed by atoms with van der Waals surface area (Å²) in [6.07, 6.45) is -4.07. The van der Waals surface area contributed by atoms with E-state index in [4.69, 9.17) is 9.47 Å². The third kappa shape index (κ3) is 5.75. The van der Waals surface area contributed by atoms with Gasteiger partial charge in [-0.3, -0.25) is 0 Å². The number of ether oxygens (including phenoxy) is 2. The largest absolute Gasteiger partial charge is 0.391 e. The Bertz CT molecular complexity index is 644. The Morgan fingerprint density at radius 1 is 0.962 bits per heavy atom. The molecule has 0 heterocycles. The fourth-order valence-electron chi connectivity index (χ4n) is 2.65. The third-order valence-electron chi connectivity index (χ3n) is 4.20. The van der Waals surface area contributed by atoms with Crippen LogP contribution in [0, 0.1) is 0 Å². The Labute approximate surface area is 154 Å². The van der Waals surface area contributed by atoms with Gasteiger partial charge in [0.1, 0.15) is 18.3 Å². The first-order valence-electron chi connectivity index (χ1n) is 8.70. The van der Waals surface area contributed by atoms with Gasteiger partial charge in [0.15, 0.2) is 6.29 Å².